The van der Waals surface area contributed by atoms with Gasteiger partial charge in [-0.1, -0.05) is 13.8 Å². The smallest absolute Gasteiger partial charge is 0.253 e. The summed E-state index contributed by atoms with van der Waals surface area (Å²) in [7, 11) is 0. The summed E-state index contributed by atoms with van der Waals surface area (Å²) in [6.07, 6.45) is 0.179. The van der Waals surface area contributed by atoms with Gasteiger partial charge >= 0.3 is 0 Å². The molecule has 0 spiro atoms. The van der Waals surface area contributed by atoms with Crippen LogP contribution in [0.1, 0.15) is 27.2 Å². The van der Waals surface area contributed by atoms with Crippen LogP contribution < -0.4 is 11.2 Å². The summed E-state index contributed by atoms with van der Waals surface area (Å²) in [5.41, 5.74) is 0. The maximum Gasteiger partial charge on any atom is 0.253 e. The summed E-state index contributed by atoms with van der Waals surface area (Å²) in [5, 5.41) is 3.30. The molecule has 16 heavy (non-hydrogen) atoms. The van der Waals surface area contributed by atoms with Gasteiger partial charge in [0.15, 0.2) is 6.10 Å². The Morgan fingerprint density at radius 3 is 2.81 bits per heavy atom. The molecule has 1 unspecified atom stereocenters. The Labute approximate surface area is 97.3 Å². The fourth-order valence-electron chi connectivity index (χ4n) is 1.98. The highest BCUT2D eigenvalue weighted by molar-refractivity contribution is 5.81. The van der Waals surface area contributed by atoms with Crippen LogP contribution in [0.4, 0.5) is 0 Å². The monoisotopic (exact) mass is 229 g/mol. The second-order valence-electron chi connectivity index (χ2n) is 4.89. The Hall–Kier alpha value is -0.650. The molecule has 1 rings (SSSR count). The highest BCUT2D eigenvalue weighted by Crippen LogP contribution is 2.11. The first kappa shape index (κ1) is 13.4. The number of carbonyl (C=O) groups is 1. The minimum Gasteiger partial charge on any atom is -0.338 e. The molecular formula is C11H23N3O2. The molecule has 0 aromatic carbocycles. The maximum atomic E-state index is 12.1. The number of carbonyl (C=O) groups excluding carboxylic acids is 1. The van der Waals surface area contributed by atoms with E-state index >= 15 is 0 Å². The molecule has 0 aromatic rings. The fraction of sp³-hybridized carbons (Fsp3) is 0.909. The molecule has 3 N–H and O–H groups in total. The zero-order valence-electron chi connectivity index (χ0n) is 10.4. The molecule has 5 nitrogen and oxygen atoms in total. The van der Waals surface area contributed by atoms with E-state index < -0.39 is 6.10 Å². The molecule has 0 bridgehead atoms. The summed E-state index contributed by atoms with van der Waals surface area (Å²) in [6.45, 7) is 8.49. The van der Waals surface area contributed by atoms with Crippen LogP contribution in [0, 0.1) is 5.92 Å². The molecule has 94 valence electrons. The predicted octanol–water partition coefficient (Wildman–Crippen LogP) is 0.112. The molecule has 2 atom stereocenters. The van der Waals surface area contributed by atoms with Crippen molar-refractivity contribution < 1.29 is 9.63 Å². The first-order valence-electron chi connectivity index (χ1n) is 5.92. The largest absolute Gasteiger partial charge is 0.338 e. The van der Waals surface area contributed by atoms with E-state index in [-0.39, 0.29) is 5.91 Å². The van der Waals surface area contributed by atoms with Gasteiger partial charge in [-0.15, -0.1) is 0 Å². The van der Waals surface area contributed by atoms with E-state index in [0.717, 1.165) is 19.6 Å². The Kier molecular flexibility index (Phi) is 5.18. The van der Waals surface area contributed by atoms with Crippen LogP contribution in [0.15, 0.2) is 0 Å². The van der Waals surface area contributed by atoms with Crippen molar-refractivity contribution in [3.8, 4) is 0 Å². The van der Waals surface area contributed by atoms with Gasteiger partial charge in [0, 0.05) is 25.7 Å². The summed E-state index contributed by atoms with van der Waals surface area (Å²) in [5.74, 6) is 5.62. The van der Waals surface area contributed by atoms with Crippen molar-refractivity contribution in [1.29, 1.82) is 0 Å². The molecule has 1 aliphatic heterocycles. The first-order chi connectivity index (χ1) is 7.54. The van der Waals surface area contributed by atoms with Crippen LogP contribution >= 0.6 is 0 Å². The van der Waals surface area contributed by atoms with Crippen molar-refractivity contribution in [2.24, 2.45) is 11.8 Å². The molecule has 5 heteroatoms. The maximum absolute atomic E-state index is 12.1. The van der Waals surface area contributed by atoms with E-state index in [2.05, 4.69) is 26.1 Å². The van der Waals surface area contributed by atoms with Crippen molar-refractivity contribution >= 4 is 5.91 Å². The highest BCUT2D eigenvalue weighted by atomic mass is 16.6. The van der Waals surface area contributed by atoms with Crippen LogP contribution in [0.3, 0.4) is 0 Å². The van der Waals surface area contributed by atoms with Crippen molar-refractivity contribution in [1.82, 2.24) is 10.2 Å². The Morgan fingerprint density at radius 2 is 2.31 bits per heavy atom. The SMILES string of the molecule is CC(C)CC(ON)C(=O)N1CCN[C@H](C)C1. The van der Waals surface area contributed by atoms with Gasteiger partial charge < -0.3 is 10.2 Å². The quantitative estimate of drug-likeness (QED) is 0.672. The minimum absolute atomic E-state index is 0.0181. The lowest BCUT2D eigenvalue weighted by Crippen LogP contribution is -2.54. The summed E-state index contributed by atoms with van der Waals surface area (Å²) >= 11 is 0. The minimum atomic E-state index is -0.495. The lowest BCUT2D eigenvalue weighted by Gasteiger charge is -2.34. The van der Waals surface area contributed by atoms with Crippen LogP contribution in [0.5, 0.6) is 0 Å². The molecule has 1 fully saturated rings. The lowest BCUT2D eigenvalue weighted by molar-refractivity contribution is -0.146. The van der Waals surface area contributed by atoms with E-state index in [1.807, 2.05) is 4.90 Å². The molecule has 1 heterocycles. The molecule has 0 aromatic heterocycles. The van der Waals surface area contributed by atoms with Gasteiger partial charge in [-0.2, -0.15) is 0 Å². The molecule has 1 amide bonds. The average Bonchev–Trinajstić information content (AvgIpc) is 2.24. The number of nitrogens with two attached hydrogens (primary N) is 1. The average molecular weight is 229 g/mol. The molecule has 0 aliphatic carbocycles. The van der Waals surface area contributed by atoms with Crippen LogP contribution in [-0.2, 0) is 9.63 Å². The third-order valence-electron chi connectivity index (χ3n) is 2.81. The first-order valence-corrected chi connectivity index (χ1v) is 5.92. The standard InChI is InChI=1S/C11H23N3O2/c1-8(2)6-10(16-12)11(15)14-5-4-13-9(3)7-14/h8-10,13H,4-7,12H2,1-3H3/t9-,10?/m1/s1. The lowest BCUT2D eigenvalue weighted by atomic mass is 10.0. The highest BCUT2D eigenvalue weighted by Gasteiger charge is 2.28. The number of piperazine rings is 1. The second-order valence-corrected chi connectivity index (χ2v) is 4.89. The summed E-state index contributed by atoms with van der Waals surface area (Å²) in [6, 6.07) is 0.343. The molecule has 1 aliphatic rings. The number of amides is 1. The summed E-state index contributed by atoms with van der Waals surface area (Å²) in [4.78, 5) is 18.7. The van der Waals surface area contributed by atoms with Gasteiger partial charge in [0.05, 0.1) is 0 Å². The zero-order valence-corrected chi connectivity index (χ0v) is 10.4. The van der Waals surface area contributed by atoms with Gasteiger partial charge in [0.1, 0.15) is 0 Å². The van der Waals surface area contributed by atoms with Gasteiger partial charge in [-0.05, 0) is 19.3 Å². The van der Waals surface area contributed by atoms with Gasteiger partial charge in [0.2, 0.25) is 0 Å². The van der Waals surface area contributed by atoms with Crippen LogP contribution in [0.25, 0.3) is 0 Å². The number of rotatable bonds is 4. The van der Waals surface area contributed by atoms with Crippen LogP contribution in [0.2, 0.25) is 0 Å². The normalized spacial score (nSPS) is 23.6. The number of nitrogens with zero attached hydrogens (tertiary/aromatic N) is 1. The fourth-order valence-corrected chi connectivity index (χ4v) is 1.98. The topological polar surface area (TPSA) is 67.6 Å². The van der Waals surface area contributed by atoms with Crippen molar-refractivity contribution in [3.63, 3.8) is 0 Å². The van der Waals surface area contributed by atoms with E-state index in [1.54, 1.807) is 0 Å². The van der Waals surface area contributed by atoms with E-state index in [0.29, 0.717) is 18.4 Å². The molecule has 0 saturated carbocycles. The Bertz CT molecular complexity index is 227. The number of nitrogens with one attached hydrogen (secondary N) is 1. The summed E-state index contributed by atoms with van der Waals surface area (Å²) < 4.78 is 0. The molecule has 0 radical (unpaired) electrons. The van der Waals surface area contributed by atoms with Gasteiger partial charge in [0.25, 0.3) is 5.91 Å². The Morgan fingerprint density at radius 1 is 1.62 bits per heavy atom. The van der Waals surface area contributed by atoms with Crippen LogP contribution in [-0.4, -0.2) is 42.6 Å². The Balaban J connectivity index is 2.52. The van der Waals surface area contributed by atoms with E-state index in [1.165, 1.54) is 0 Å². The van der Waals surface area contributed by atoms with Crippen molar-refractivity contribution in [3.05, 3.63) is 0 Å². The second kappa shape index (κ2) is 6.18. The van der Waals surface area contributed by atoms with Gasteiger partial charge in [-0.25, -0.2) is 5.90 Å². The van der Waals surface area contributed by atoms with Crippen molar-refractivity contribution in [2.45, 2.75) is 39.3 Å². The van der Waals surface area contributed by atoms with E-state index in [4.69, 9.17) is 10.7 Å². The van der Waals surface area contributed by atoms with Crippen molar-refractivity contribution in [2.75, 3.05) is 19.6 Å². The number of hydrogen-bond donors (Lipinski definition) is 2. The molecule has 1 saturated heterocycles. The third kappa shape index (κ3) is 3.73. The number of hydrogen-bond acceptors (Lipinski definition) is 4. The van der Waals surface area contributed by atoms with Gasteiger partial charge in [-0.3, -0.25) is 9.63 Å². The van der Waals surface area contributed by atoms with E-state index in [9.17, 15) is 4.79 Å². The predicted molar refractivity (Wildman–Crippen MR) is 62.6 cm³/mol. The molecular weight excluding hydrogens is 206 g/mol. The zero-order chi connectivity index (χ0) is 12.1. The third-order valence-corrected chi connectivity index (χ3v) is 2.81.